The van der Waals surface area contributed by atoms with Crippen LogP contribution in [0.3, 0.4) is 0 Å². The van der Waals surface area contributed by atoms with Gasteiger partial charge in [0.15, 0.2) is 5.82 Å². The van der Waals surface area contributed by atoms with E-state index < -0.39 is 0 Å². The normalized spacial score (nSPS) is 10.5. The Morgan fingerprint density at radius 3 is 2.82 bits per heavy atom. The van der Waals surface area contributed by atoms with Gasteiger partial charge >= 0.3 is 0 Å². The van der Waals surface area contributed by atoms with Crippen LogP contribution in [0.2, 0.25) is 0 Å². The molecule has 3 N–H and O–H groups in total. The van der Waals surface area contributed by atoms with Gasteiger partial charge in [-0.25, -0.2) is 9.97 Å². The second-order valence-corrected chi connectivity index (χ2v) is 3.87. The minimum atomic E-state index is 0.408. The highest BCUT2D eigenvalue weighted by Gasteiger charge is 2.02. The van der Waals surface area contributed by atoms with E-state index in [1.54, 1.807) is 6.07 Å². The van der Waals surface area contributed by atoms with Crippen molar-refractivity contribution in [1.29, 1.82) is 0 Å². The van der Waals surface area contributed by atoms with Crippen LogP contribution < -0.4 is 11.1 Å². The van der Waals surface area contributed by atoms with Gasteiger partial charge in [0.2, 0.25) is 0 Å². The Bertz CT molecular complexity index is 330. The molecule has 0 aliphatic carbocycles. The van der Waals surface area contributed by atoms with Crippen molar-refractivity contribution in [3.63, 3.8) is 0 Å². The minimum Gasteiger partial charge on any atom is -0.384 e. The molecule has 1 aromatic rings. The van der Waals surface area contributed by atoms with Gasteiger partial charge < -0.3 is 15.8 Å². The molecule has 0 bridgehead atoms. The molecule has 1 aromatic heterocycles. The predicted octanol–water partition coefficient (Wildman–Crippen LogP) is 2.20. The Morgan fingerprint density at radius 2 is 2.12 bits per heavy atom. The second-order valence-electron chi connectivity index (χ2n) is 3.87. The van der Waals surface area contributed by atoms with E-state index in [9.17, 15) is 0 Å². The van der Waals surface area contributed by atoms with Gasteiger partial charge in [-0.05, 0) is 13.3 Å². The van der Waals surface area contributed by atoms with Gasteiger partial charge in [0, 0.05) is 19.2 Å². The van der Waals surface area contributed by atoms with Crippen LogP contribution in [-0.4, -0.2) is 23.1 Å². The van der Waals surface area contributed by atoms with Crippen LogP contribution in [0.15, 0.2) is 6.07 Å². The number of hydrogen-bond donors (Lipinski definition) is 2. The fourth-order valence-electron chi connectivity index (χ4n) is 1.46. The number of nitrogens with two attached hydrogens (primary N) is 1. The predicted molar refractivity (Wildman–Crippen MR) is 69.8 cm³/mol. The van der Waals surface area contributed by atoms with Crippen molar-refractivity contribution < 1.29 is 4.74 Å². The summed E-state index contributed by atoms with van der Waals surface area (Å²) in [6.07, 6.45) is 3.57. The SMILES string of the molecule is CCCCCNc1cc(N)nc(COCC)n1. The number of anilines is 2. The molecule has 0 unspecified atom stereocenters. The van der Waals surface area contributed by atoms with Crippen LogP contribution >= 0.6 is 0 Å². The topological polar surface area (TPSA) is 73.1 Å². The molecule has 0 saturated carbocycles. The van der Waals surface area contributed by atoms with Crippen LogP contribution in [0.1, 0.15) is 38.9 Å². The van der Waals surface area contributed by atoms with Gasteiger partial charge in [0.1, 0.15) is 18.2 Å². The summed E-state index contributed by atoms with van der Waals surface area (Å²) in [7, 11) is 0. The number of hydrogen-bond acceptors (Lipinski definition) is 5. The van der Waals surface area contributed by atoms with Crippen molar-refractivity contribution in [1.82, 2.24) is 9.97 Å². The molecule has 1 rings (SSSR count). The summed E-state index contributed by atoms with van der Waals surface area (Å²) in [5.41, 5.74) is 5.71. The lowest BCUT2D eigenvalue weighted by molar-refractivity contribution is 0.128. The fourth-order valence-corrected chi connectivity index (χ4v) is 1.46. The quantitative estimate of drug-likeness (QED) is 0.679. The first kappa shape index (κ1) is 13.7. The number of nitrogen functional groups attached to an aromatic ring is 1. The number of aromatic nitrogens is 2. The van der Waals surface area contributed by atoms with Crippen molar-refractivity contribution in [3.05, 3.63) is 11.9 Å². The molecule has 0 aliphatic heterocycles. The summed E-state index contributed by atoms with van der Waals surface area (Å²) in [5, 5.41) is 3.25. The van der Waals surface area contributed by atoms with E-state index in [2.05, 4.69) is 22.2 Å². The Kier molecular flexibility index (Phi) is 6.32. The first-order valence-corrected chi connectivity index (χ1v) is 6.21. The first-order chi connectivity index (χ1) is 8.26. The van der Waals surface area contributed by atoms with E-state index in [4.69, 9.17) is 10.5 Å². The number of unbranched alkanes of at least 4 members (excludes halogenated alkanes) is 2. The molecule has 0 amide bonds. The van der Waals surface area contributed by atoms with Crippen molar-refractivity contribution in [2.45, 2.75) is 39.7 Å². The fraction of sp³-hybridized carbons (Fsp3) is 0.667. The molecule has 17 heavy (non-hydrogen) atoms. The zero-order valence-corrected chi connectivity index (χ0v) is 10.7. The van der Waals surface area contributed by atoms with E-state index in [0.717, 1.165) is 18.8 Å². The second kappa shape index (κ2) is 7.84. The number of nitrogens with zero attached hydrogens (tertiary/aromatic N) is 2. The number of nitrogens with one attached hydrogen (secondary N) is 1. The highest BCUT2D eigenvalue weighted by Crippen LogP contribution is 2.09. The van der Waals surface area contributed by atoms with E-state index in [1.165, 1.54) is 12.8 Å². The third kappa shape index (κ3) is 5.49. The van der Waals surface area contributed by atoms with E-state index in [-0.39, 0.29) is 0 Å². The van der Waals surface area contributed by atoms with Crippen LogP contribution in [0.4, 0.5) is 11.6 Å². The third-order valence-corrected chi connectivity index (χ3v) is 2.31. The Labute approximate surface area is 103 Å². The van der Waals surface area contributed by atoms with E-state index in [0.29, 0.717) is 24.9 Å². The molecule has 0 atom stereocenters. The first-order valence-electron chi connectivity index (χ1n) is 6.21. The molecular weight excluding hydrogens is 216 g/mol. The maximum absolute atomic E-state index is 5.71. The van der Waals surface area contributed by atoms with Gasteiger partial charge in [-0.3, -0.25) is 0 Å². The molecule has 96 valence electrons. The molecule has 1 heterocycles. The van der Waals surface area contributed by atoms with Gasteiger partial charge in [-0.2, -0.15) is 0 Å². The molecular formula is C12H22N4O. The lowest BCUT2D eigenvalue weighted by Crippen LogP contribution is -2.08. The molecule has 0 saturated heterocycles. The van der Waals surface area contributed by atoms with E-state index >= 15 is 0 Å². The maximum Gasteiger partial charge on any atom is 0.158 e. The van der Waals surface area contributed by atoms with Gasteiger partial charge in [-0.15, -0.1) is 0 Å². The summed E-state index contributed by atoms with van der Waals surface area (Å²) in [6.45, 7) is 6.10. The molecule has 0 fully saturated rings. The molecule has 5 heteroatoms. The zero-order valence-electron chi connectivity index (χ0n) is 10.7. The average molecular weight is 238 g/mol. The van der Waals surface area contributed by atoms with Gasteiger partial charge in [-0.1, -0.05) is 19.8 Å². The Hall–Kier alpha value is -1.36. The van der Waals surface area contributed by atoms with Crippen molar-refractivity contribution >= 4 is 11.6 Å². The van der Waals surface area contributed by atoms with Gasteiger partial charge in [0.25, 0.3) is 0 Å². The molecule has 0 aromatic carbocycles. The Morgan fingerprint density at radius 1 is 1.29 bits per heavy atom. The highest BCUT2D eigenvalue weighted by atomic mass is 16.5. The zero-order chi connectivity index (χ0) is 12.5. The average Bonchev–Trinajstić information content (AvgIpc) is 2.31. The van der Waals surface area contributed by atoms with Crippen LogP contribution in [0.5, 0.6) is 0 Å². The largest absolute Gasteiger partial charge is 0.384 e. The minimum absolute atomic E-state index is 0.408. The van der Waals surface area contributed by atoms with Crippen molar-refractivity contribution in [2.75, 3.05) is 24.2 Å². The molecule has 0 aliphatic rings. The van der Waals surface area contributed by atoms with Gasteiger partial charge in [0.05, 0.1) is 0 Å². The van der Waals surface area contributed by atoms with Crippen LogP contribution in [0.25, 0.3) is 0 Å². The monoisotopic (exact) mass is 238 g/mol. The lowest BCUT2D eigenvalue weighted by Gasteiger charge is -2.08. The summed E-state index contributed by atoms with van der Waals surface area (Å²) in [4.78, 5) is 8.46. The summed E-state index contributed by atoms with van der Waals surface area (Å²) < 4.78 is 5.26. The van der Waals surface area contributed by atoms with Crippen molar-refractivity contribution in [3.8, 4) is 0 Å². The summed E-state index contributed by atoms with van der Waals surface area (Å²) in [6, 6.07) is 1.75. The smallest absolute Gasteiger partial charge is 0.158 e. The van der Waals surface area contributed by atoms with Crippen LogP contribution in [0, 0.1) is 0 Å². The number of rotatable bonds is 8. The third-order valence-electron chi connectivity index (χ3n) is 2.31. The maximum atomic E-state index is 5.71. The molecule has 0 radical (unpaired) electrons. The number of ether oxygens (including phenoxy) is 1. The Balaban J connectivity index is 2.50. The van der Waals surface area contributed by atoms with E-state index in [1.807, 2.05) is 6.92 Å². The standard InChI is InChI=1S/C12H22N4O/c1-3-5-6-7-14-11-8-10(13)15-12(16-11)9-17-4-2/h8H,3-7,9H2,1-2H3,(H3,13,14,15,16). The summed E-state index contributed by atoms with van der Waals surface area (Å²) >= 11 is 0. The molecule has 5 nitrogen and oxygen atoms in total. The molecule has 0 spiro atoms. The lowest BCUT2D eigenvalue weighted by atomic mass is 10.2. The highest BCUT2D eigenvalue weighted by molar-refractivity contribution is 5.44. The van der Waals surface area contributed by atoms with Crippen molar-refractivity contribution in [2.24, 2.45) is 0 Å². The summed E-state index contributed by atoms with van der Waals surface area (Å²) in [5.74, 6) is 1.89. The van der Waals surface area contributed by atoms with Crippen LogP contribution in [-0.2, 0) is 11.3 Å².